The second kappa shape index (κ2) is 8.33. The summed E-state index contributed by atoms with van der Waals surface area (Å²) in [7, 11) is 0. The third kappa shape index (κ3) is 4.08. The first-order valence-corrected chi connectivity index (χ1v) is 9.88. The van der Waals surface area contributed by atoms with Gasteiger partial charge in [-0.05, 0) is 54.6 Å². The molecule has 10 heteroatoms. The molecule has 1 aliphatic rings. The molecule has 1 N–H and O–H groups in total. The molecule has 3 aromatic carbocycles. The predicted octanol–water partition coefficient (Wildman–Crippen LogP) is 6.06. The lowest BCUT2D eigenvalue weighted by Crippen LogP contribution is -2.56. The topological polar surface area (TPSA) is 108 Å². The molecular weight excluding hydrogens is 443 g/mol. The van der Waals surface area contributed by atoms with Gasteiger partial charge in [0.05, 0.1) is 22.3 Å². The van der Waals surface area contributed by atoms with E-state index in [0.29, 0.717) is 27.6 Å². The average molecular weight is 457 g/mol. The van der Waals surface area contributed by atoms with E-state index in [2.05, 4.69) is 10.2 Å². The summed E-state index contributed by atoms with van der Waals surface area (Å²) in [5.74, 6) is -0.317. The Labute approximate surface area is 186 Å². The molecule has 4 rings (SSSR count). The minimum atomic E-state index is -0.844. The molecule has 1 fully saturated rings. The highest BCUT2D eigenvalue weighted by Crippen LogP contribution is 2.46. The quantitative estimate of drug-likeness (QED) is 0.165. The third-order valence-corrected chi connectivity index (χ3v) is 5.48. The van der Waals surface area contributed by atoms with E-state index < -0.39 is 16.3 Å². The van der Waals surface area contributed by atoms with Gasteiger partial charge in [0.2, 0.25) is 5.91 Å². The molecule has 1 aliphatic heterocycles. The summed E-state index contributed by atoms with van der Waals surface area (Å²) in [4.78, 5) is 24.1. The summed E-state index contributed by atoms with van der Waals surface area (Å²) >= 11 is 12.2. The summed E-state index contributed by atoms with van der Waals surface area (Å²) in [5, 5.41) is 29.0. The second-order valence-corrected chi connectivity index (χ2v) is 7.65. The van der Waals surface area contributed by atoms with E-state index in [4.69, 9.17) is 23.2 Å². The van der Waals surface area contributed by atoms with Crippen LogP contribution in [0.5, 0.6) is 5.75 Å². The Morgan fingerprint density at radius 1 is 0.968 bits per heavy atom. The standard InChI is InChI=1S/C21H14Cl2N4O4/c22-12-1-6-15(7-2-12)26-20(19(23)21(26)29)17-11-14(5-10-18(17)28)25-24-13-3-8-16(9-4-13)27(30)31/h1-11,19-20,28H/t19-,20+/m0/s1. The van der Waals surface area contributed by atoms with Gasteiger partial charge in [-0.25, -0.2) is 0 Å². The van der Waals surface area contributed by atoms with Crippen LogP contribution in [-0.4, -0.2) is 21.3 Å². The molecule has 1 amide bonds. The predicted molar refractivity (Wildman–Crippen MR) is 117 cm³/mol. The maximum Gasteiger partial charge on any atom is 0.269 e. The molecule has 0 spiro atoms. The van der Waals surface area contributed by atoms with E-state index in [1.165, 1.54) is 35.2 Å². The highest BCUT2D eigenvalue weighted by molar-refractivity contribution is 6.37. The zero-order valence-corrected chi connectivity index (χ0v) is 17.2. The molecule has 31 heavy (non-hydrogen) atoms. The van der Waals surface area contributed by atoms with Gasteiger partial charge in [-0.1, -0.05) is 11.6 Å². The largest absolute Gasteiger partial charge is 0.508 e. The number of halogens is 2. The van der Waals surface area contributed by atoms with E-state index >= 15 is 0 Å². The lowest BCUT2D eigenvalue weighted by atomic mass is 9.91. The number of non-ortho nitro benzene ring substituents is 1. The number of rotatable bonds is 5. The van der Waals surface area contributed by atoms with Gasteiger partial charge >= 0.3 is 0 Å². The van der Waals surface area contributed by atoms with Crippen LogP contribution in [0.4, 0.5) is 22.7 Å². The first-order valence-electron chi connectivity index (χ1n) is 9.07. The number of phenolic OH excluding ortho intramolecular Hbond substituents is 1. The van der Waals surface area contributed by atoms with Gasteiger partial charge in [0.15, 0.2) is 0 Å². The van der Waals surface area contributed by atoms with Crippen LogP contribution in [0.3, 0.4) is 0 Å². The number of alkyl halides is 1. The highest BCUT2D eigenvalue weighted by Gasteiger charge is 2.49. The highest BCUT2D eigenvalue weighted by atomic mass is 35.5. The zero-order valence-electron chi connectivity index (χ0n) is 15.7. The van der Waals surface area contributed by atoms with Crippen molar-refractivity contribution in [1.29, 1.82) is 0 Å². The number of carbonyl (C=O) groups excluding carboxylic acids is 1. The van der Waals surface area contributed by atoms with Crippen molar-refractivity contribution in [3.63, 3.8) is 0 Å². The summed E-state index contributed by atoms with van der Waals surface area (Å²) < 4.78 is 0. The number of nitro groups is 1. The maximum absolute atomic E-state index is 12.4. The van der Waals surface area contributed by atoms with Crippen molar-refractivity contribution in [3.05, 3.63) is 87.4 Å². The van der Waals surface area contributed by atoms with Crippen LogP contribution < -0.4 is 4.90 Å². The third-order valence-electron chi connectivity index (χ3n) is 4.80. The van der Waals surface area contributed by atoms with Gasteiger partial charge in [0.1, 0.15) is 11.1 Å². The number of amides is 1. The Kier molecular flexibility index (Phi) is 5.58. The number of β-lactam (4-membered cyclic amide) rings is 1. The maximum atomic E-state index is 12.4. The van der Waals surface area contributed by atoms with Crippen molar-refractivity contribution in [3.8, 4) is 5.75 Å². The molecular formula is C21H14Cl2N4O4. The number of hydrogen-bond donors (Lipinski definition) is 1. The monoisotopic (exact) mass is 456 g/mol. The Hall–Kier alpha value is -3.49. The first-order chi connectivity index (χ1) is 14.8. The fourth-order valence-corrected chi connectivity index (χ4v) is 3.72. The van der Waals surface area contributed by atoms with Crippen molar-refractivity contribution in [1.82, 2.24) is 0 Å². The van der Waals surface area contributed by atoms with Crippen molar-refractivity contribution in [2.24, 2.45) is 10.2 Å². The first kappa shape index (κ1) is 20.8. The fraction of sp³-hybridized carbons (Fsp3) is 0.0952. The number of azo groups is 1. The van der Waals surface area contributed by atoms with Gasteiger partial charge in [0.25, 0.3) is 5.69 Å². The van der Waals surface area contributed by atoms with Crippen molar-refractivity contribution >= 4 is 51.9 Å². The summed E-state index contributed by atoms with van der Waals surface area (Å²) in [5.41, 5.74) is 1.83. The van der Waals surface area contributed by atoms with Crippen molar-refractivity contribution in [2.75, 3.05) is 4.90 Å². The van der Waals surface area contributed by atoms with Gasteiger partial charge in [-0.3, -0.25) is 14.9 Å². The minimum Gasteiger partial charge on any atom is -0.508 e. The molecule has 0 bridgehead atoms. The minimum absolute atomic E-state index is 0.0311. The molecule has 1 heterocycles. The molecule has 2 atom stereocenters. The number of aromatic hydroxyl groups is 1. The van der Waals surface area contributed by atoms with Crippen LogP contribution in [0, 0.1) is 10.1 Å². The summed E-state index contributed by atoms with van der Waals surface area (Å²) in [6, 6.07) is 16.4. The molecule has 0 aromatic heterocycles. The van der Waals surface area contributed by atoms with E-state index in [0.717, 1.165) is 0 Å². The van der Waals surface area contributed by atoms with Crippen LogP contribution in [0.15, 0.2) is 77.0 Å². The smallest absolute Gasteiger partial charge is 0.269 e. The Bertz CT molecular complexity index is 1180. The van der Waals surface area contributed by atoms with Gasteiger partial charge < -0.3 is 10.0 Å². The van der Waals surface area contributed by atoms with Crippen LogP contribution >= 0.6 is 23.2 Å². The van der Waals surface area contributed by atoms with Crippen molar-refractivity contribution in [2.45, 2.75) is 11.4 Å². The van der Waals surface area contributed by atoms with E-state index in [9.17, 15) is 20.0 Å². The van der Waals surface area contributed by atoms with E-state index in [1.54, 1.807) is 36.4 Å². The van der Waals surface area contributed by atoms with Crippen LogP contribution in [0.1, 0.15) is 11.6 Å². The second-order valence-electron chi connectivity index (χ2n) is 6.75. The lowest BCUT2D eigenvalue weighted by Gasteiger charge is -2.44. The molecule has 156 valence electrons. The van der Waals surface area contributed by atoms with Gasteiger partial charge in [0, 0.05) is 28.4 Å². The van der Waals surface area contributed by atoms with Crippen LogP contribution in [-0.2, 0) is 4.79 Å². The molecule has 0 saturated carbocycles. The summed E-state index contributed by atoms with van der Waals surface area (Å²) in [6.07, 6.45) is 0. The molecule has 3 aromatic rings. The number of nitrogens with zero attached hydrogens (tertiary/aromatic N) is 4. The van der Waals surface area contributed by atoms with Crippen LogP contribution in [0.25, 0.3) is 0 Å². The molecule has 1 saturated heterocycles. The SMILES string of the molecule is O=C1[C@@H](Cl)[C@@H](c2cc(N=Nc3ccc([N+](=O)[O-])cc3)ccc2O)N1c1ccc(Cl)cc1. The Morgan fingerprint density at radius 3 is 2.23 bits per heavy atom. The number of hydrogen-bond acceptors (Lipinski definition) is 6. The van der Waals surface area contributed by atoms with Gasteiger partial charge in [-0.15, -0.1) is 11.6 Å². The van der Waals surface area contributed by atoms with E-state index in [1.807, 2.05) is 0 Å². The van der Waals surface area contributed by atoms with Crippen molar-refractivity contribution < 1.29 is 14.8 Å². The van der Waals surface area contributed by atoms with Crippen LogP contribution in [0.2, 0.25) is 5.02 Å². The Morgan fingerprint density at radius 2 is 1.58 bits per heavy atom. The number of carbonyl (C=O) groups is 1. The van der Waals surface area contributed by atoms with E-state index in [-0.39, 0.29) is 17.3 Å². The molecule has 8 nitrogen and oxygen atoms in total. The van der Waals surface area contributed by atoms with Gasteiger partial charge in [-0.2, -0.15) is 10.2 Å². The Balaban J connectivity index is 1.61. The number of benzene rings is 3. The normalized spacial score (nSPS) is 18.3. The average Bonchev–Trinajstić information content (AvgIpc) is 2.77. The summed E-state index contributed by atoms with van der Waals surface area (Å²) in [6.45, 7) is 0. The lowest BCUT2D eigenvalue weighted by molar-refractivity contribution is -0.384. The molecule has 0 radical (unpaired) electrons. The number of phenols is 1. The molecule has 0 unspecified atom stereocenters. The molecule has 0 aliphatic carbocycles. The zero-order chi connectivity index (χ0) is 22.1. The number of nitro benzene ring substituents is 1. The number of anilines is 1. The fourth-order valence-electron chi connectivity index (χ4n) is 3.24.